The van der Waals surface area contributed by atoms with Crippen LogP contribution in [0.2, 0.25) is 5.02 Å². The number of aromatic nitrogens is 2. The van der Waals surface area contributed by atoms with Crippen LogP contribution in [0.15, 0.2) is 42.5 Å². The molecule has 4 rings (SSSR count). The lowest BCUT2D eigenvalue weighted by molar-refractivity contribution is 0.941. The van der Waals surface area contributed by atoms with Crippen molar-refractivity contribution in [1.82, 2.24) is 9.97 Å². The number of hydrogen-bond acceptors (Lipinski definition) is 3. The van der Waals surface area contributed by atoms with Crippen molar-refractivity contribution < 1.29 is 0 Å². The summed E-state index contributed by atoms with van der Waals surface area (Å²) in [5, 5.41) is 1.83. The topological polar surface area (TPSA) is 29.0 Å². The van der Waals surface area contributed by atoms with E-state index in [1.807, 2.05) is 24.3 Å². The fourth-order valence-electron chi connectivity index (χ4n) is 3.31. The Bertz CT molecular complexity index is 885. The number of nitrogens with zero attached hydrogens (tertiary/aromatic N) is 3. The smallest absolute Gasteiger partial charge is 0.163 e. The van der Waals surface area contributed by atoms with Crippen LogP contribution in [0.4, 0.5) is 5.82 Å². The summed E-state index contributed by atoms with van der Waals surface area (Å²) in [6, 6.07) is 14.3. The highest BCUT2D eigenvalue weighted by Crippen LogP contribution is 2.32. The summed E-state index contributed by atoms with van der Waals surface area (Å²) in [5.41, 5.74) is 3.19. The molecule has 0 aliphatic carbocycles. The molecule has 1 aliphatic heterocycles. The fraction of sp³-hybridized carbons (Fsp3) is 0.300. The average Bonchev–Trinajstić information content (AvgIpc) is 3.15. The van der Waals surface area contributed by atoms with E-state index in [4.69, 9.17) is 21.6 Å². The lowest BCUT2D eigenvalue weighted by Crippen LogP contribution is -2.20. The zero-order valence-electron chi connectivity index (χ0n) is 13.8. The number of rotatable bonds is 3. The lowest BCUT2D eigenvalue weighted by atomic mass is 10.1. The minimum Gasteiger partial charge on any atom is -0.356 e. The molecule has 122 valence electrons. The van der Waals surface area contributed by atoms with E-state index in [0.29, 0.717) is 10.8 Å². The second-order valence-electron chi connectivity index (χ2n) is 6.25. The van der Waals surface area contributed by atoms with E-state index in [9.17, 15) is 0 Å². The summed E-state index contributed by atoms with van der Waals surface area (Å²) in [7, 11) is 0. The predicted molar refractivity (Wildman–Crippen MR) is 101 cm³/mol. The molecule has 0 bridgehead atoms. The van der Waals surface area contributed by atoms with Crippen LogP contribution < -0.4 is 4.90 Å². The maximum Gasteiger partial charge on any atom is 0.163 e. The third-order valence-corrected chi connectivity index (χ3v) is 5.00. The van der Waals surface area contributed by atoms with Gasteiger partial charge in [-0.1, -0.05) is 36.7 Å². The molecule has 1 saturated heterocycles. The van der Waals surface area contributed by atoms with E-state index < -0.39 is 0 Å². The highest BCUT2D eigenvalue weighted by molar-refractivity contribution is 6.33. The molecule has 1 aromatic heterocycles. The standard InChI is InChI=1S/C20H20ClN3/c1-2-14-9-10-18-16(13-14)20(24-11-5-6-12-24)23-19(22-18)15-7-3-4-8-17(15)21/h3-4,7-10,13H,2,5-6,11-12H2,1H3. The molecule has 3 aromatic rings. The maximum absolute atomic E-state index is 6.38. The van der Waals surface area contributed by atoms with Crippen molar-refractivity contribution in [2.45, 2.75) is 26.2 Å². The van der Waals surface area contributed by atoms with Crippen molar-refractivity contribution in [1.29, 1.82) is 0 Å². The summed E-state index contributed by atoms with van der Waals surface area (Å²) < 4.78 is 0. The van der Waals surface area contributed by atoms with E-state index in [-0.39, 0.29) is 0 Å². The second-order valence-corrected chi connectivity index (χ2v) is 6.66. The molecule has 1 aliphatic rings. The first-order valence-corrected chi connectivity index (χ1v) is 8.94. The Morgan fingerprint density at radius 3 is 2.58 bits per heavy atom. The summed E-state index contributed by atoms with van der Waals surface area (Å²) in [6.45, 7) is 4.30. The van der Waals surface area contributed by atoms with Crippen molar-refractivity contribution in [3.63, 3.8) is 0 Å². The highest BCUT2D eigenvalue weighted by atomic mass is 35.5. The quantitative estimate of drug-likeness (QED) is 0.664. The second kappa shape index (κ2) is 6.40. The van der Waals surface area contributed by atoms with Crippen molar-refractivity contribution in [2.24, 2.45) is 0 Å². The van der Waals surface area contributed by atoms with Gasteiger partial charge in [-0.3, -0.25) is 0 Å². The van der Waals surface area contributed by atoms with Gasteiger partial charge in [0, 0.05) is 24.0 Å². The molecule has 0 atom stereocenters. The monoisotopic (exact) mass is 337 g/mol. The molecular formula is C20H20ClN3. The Hall–Kier alpha value is -2.13. The maximum atomic E-state index is 6.38. The molecule has 24 heavy (non-hydrogen) atoms. The van der Waals surface area contributed by atoms with Gasteiger partial charge in [-0.15, -0.1) is 0 Å². The van der Waals surface area contributed by atoms with Crippen LogP contribution in [0.3, 0.4) is 0 Å². The number of anilines is 1. The summed E-state index contributed by atoms with van der Waals surface area (Å²) >= 11 is 6.38. The molecule has 0 amide bonds. The zero-order valence-corrected chi connectivity index (χ0v) is 14.6. The van der Waals surface area contributed by atoms with Crippen molar-refractivity contribution >= 4 is 28.3 Å². The van der Waals surface area contributed by atoms with Gasteiger partial charge in [-0.25, -0.2) is 9.97 Å². The molecule has 4 heteroatoms. The fourth-order valence-corrected chi connectivity index (χ4v) is 3.53. The van der Waals surface area contributed by atoms with E-state index in [1.165, 1.54) is 18.4 Å². The molecule has 2 heterocycles. The summed E-state index contributed by atoms with van der Waals surface area (Å²) in [5.74, 6) is 1.75. The molecular weight excluding hydrogens is 318 g/mol. The molecule has 0 spiro atoms. The average molecular weight is 338 g/mol. The lowest BCUT2D eigenvalue weighted by Gasteiger charge is -2.20. The van der Waals surface area contributed by atoms with Gasteiger partial charge < -0.3 is 4.90 Å². The number of aryl methyl sites for hydroxylation is 1. The molecule has 0 N–H and O–H groups in total. The number of hydrogen-bond donors (Lipinski definition) is 0. The Morgan fingerprint density at radius 1 is 1.04 bits per heavy atom. The Kier molecular flexibility index (Phi) is 4.11. The highest BCUT2D eigenvalue weighted by Gasteiger charge is 2.19. The normalized spacial score (nSPS) is 14.5. The van der Waals surface area contributed by atoms with Crippen LogP contribution in [-0.2, 0) is 6.42 Å². The molecule has 0 radical (unpaired) electrons. The van der Waals surface area contributed by atoms with Gasteiger partial charge in [0.2, 0.25) is 0 Å². The summed E-state index contributed by atoms with van der Waals surface area (Å²) in [6.07, 6.45) is 3.46. The van der Waals surface area contributed by atoms with Gasteiger partial charge in [0.15, 0.2) is 5.82 Å². The van der Waals surface area contributed by atoms with Crippen molar-refractivity contribution in [2.75, 3.05) is 18.0 Å². The van der Waals surface area contributed by atoms with Gasteiger partial charge in [0.1, 0.15) is 5.82 Å². The van der Waals surface area contributed by atoms with E-state index in [1.54, 1.807) is 0 Å². The van der Waals surface area contributed by atoms with Gasteiger partial charge >= 0.3 is 0 Å². The number of halogens is 1. The first-order valence-electron chi connectivity index (χ1n) is 8.57. The minimum atomic E-state index is 0.689. The third-order valence-electron chi connectivity index (χ3n) is 4.67. The van der Waals surface area contributed by atoms with Gasteiger partial charge in [-0.2, -0.15) is 0 Å². The molecule has 3 nitrogen and oxygen atoms in total. The van der Waals surface area contributed by atoms with Crippen LogP contribution in [0.5, 0.6) is 0 Å². The van der Waals surface area contributed by atoms with Crippen LogP contribution in [-0.4, -0.2) is 23.1 Å². The zero-order chi connectivity index (χ0) is 16.5. The minimum absolute atomic E-state index is 0.689. The van der Waals surface area contributed by atoms with E-state index >= 15 is 0 Å². The number of benzene rings is 2. The van der Waals surface area contributed by atoms with Crippen LogP contribution >= 0.6 is 11.6 Å². The SMILES string of the molecule is CCc1ccc2nc(-c3ccccc3Cl)nc(N3CCCC3)c2c1. The Balaban J connectivity index is 1.95. The predicted octanol–water partition coefficient (Wildman–Crippen LogP) is 5.11. The van der Waals surface area contributed by atoms with Crippen molar-refractivity contribution in [3.8, 4) is 11.4 Å². The molecule has 2 aromatic carbocycles. The van der Waals surface area contributed by atoms with Crippen LogP contribution in [0.25, 0.3) is 22.3 Å². The van der Waals surface area contributed by atoms with E-state index in [0.717, 1.165) is 41.8 Å². The first kappa shape index (κ1) is 15.4. The Labute approximate surface area is 147 Å². The molecule has 0 saturated carbocycles. The Morgan fingerprint density at radius 2 is 1.83 bits per heavy atom. The van der Waals surface area contributed by atoms with E-state index in [2.05, 4.69) is 30.0 Å². The van der Waals surface area contributed by atoms with Crippen molar-refractivity contribution in [3.05, 3.63) is 53.1 Å². The van der Waals surface area contributed by atoms with Crippen LogP contribution in [0, 0.1) is 0 Å². The summed E-state index contributed by atoms with van der Waals surface area (Å²) in [4.78, 5) is 12.1. The first-order chi connectivity index (χ1) is 11.8. The van der Waals surface area contributed by atoms with Gasteiger partial charge in [0.05, 0.1) is 10.5 Å². The third kappa shape index (κ3) is 2.73. The van der Waals surface area contributed by atoms with Gasteiger partial charge in [0.25, 0.3) is 0 Å². The van der Waals surface area contributed by atoms with Crippen LogP contribution in [0.1, 0.15) is 25.3 Å². The van der Waals surface area contributed by atoms with Gasteiger partial charge in [-0.05, 0) is 49.1 Å². The number of fused-ring (bicyclic) bond motifs is 1. The molecule has 1 fully saturated rings. The molecule has 0 unspecified atom stereocenters. The largest absolute Gasteiger partial charge is 0.356 e.